The summed E-state index contributed by atoms with van der Waals surface area (Å²) in [6, 6.07) is 14.7. The highest BCUT2D eigenvalue weighted by Gasteiger charge is 2.40. The molecule has 2 atom stereocenters. The predicted molar refractivity (Wildman–Crippen MR) is 95.2 cm³/mol. The summed E-state index contributed by atoms with van der Waals surface area (Å²) in [6.07, 6.45) is -1.31. The lowest BCUT2D eigenvalue weighted by Crippen LogP contribution is -2.44. The molecule has 0 radical (unpaired) electrons. The molecule has 3 rings (SSSR count). The smallest absolute Gasteiger partial charge is 0.416 e. The minimum Gasteiger partial charge on any atom is -0.495 e. The van der Waals surface area contributed by atoms with Crippen LogP contribution in [-0.4, -0.2) is 47.8 Å². The average molecular weight is 356 g/mol. The molecule has 136 valence electrons. The van der Waals surface area contributed by atoms with Crippen LogP contribution >= 0.6 is 0 Å². The number of anilines is 1. The Morgan fingerprint density at radius 1 is 1.12 bits per heavy atom. The third kappa shape index (κ3) is 3.94. The van der Waals surface area contributed by atoms with Crippen molar-refractivity contribution < 1.29 is 24.2 Å². The van der Waals surface area contributed by atoms with Gasteiger partial charge >= 0.3 is 6.09 Å². The van der Waals surface area contributed by atoms with Crippen LogP contribution in [0.3, 0.4) is 0 Å². The van der Waals surface area contributed by atoms with Crippen molar-refractivity contribution in [2.24, 2.45) is 0 Å². The van der Waals surface area contributed by atoms with Crippen LogP contribution in [0.2, 0.25) is 0 Å². The first-order valence-corrected chi connectivity index (χ1v) is 8.24. The van der Waals surface area contributed by atoms with Crippen LogP contribution in [-0.2, 0) is 4.79 Å². The van der Waals surface area contributed by atoms with Gasteiger partial charge in [0, 0.05) is 6.42 Å². The van der Waals surface area contributed by atoms with E-state index in [0.29, 0.717) is 17.2 Å². The Morgan fingerprint density at radius 3 is 2.54 bits per heavy atom. The summed E-state index contributed by atoms with van der Waals surface area (Å²) >= 11 is 0. The van der Waals surface area contributed by atoms with E-state index in [1.807, 2.05) is 0 Å². The molecule has 2 aromatic rings. The quantitative estimate of drug-likeness (QED) is 0.877. The Labute approximate surface area is 151 Å². The Bertz CT molecular complexity index is 781. The van der Waals surface area contributed by atoms with Crippen LogP contribution in [0.1, 0.15) is 6.42 Å². The number of nitrogens with zero attached hydrogens (tertiary/aromatic N) is 1. The van der Waals surface area contributed by atoms with E-state index in [-0.39, 0.29) is 13.0 Å². The lowest BCUT2D eigenvalue weighted by Gasteiger charge is -2.23. The minimum absolute atomic E-state index is 0.0374. The zero-order chi connectivity index (χ0) is 18.5. The van der Waals surface area contributed by atoms with Gasteiger partial charge in [-0.05, 0) is 24.3 Å². The summed E-state index contributed by atoms with van der Waals surface area (Å²) in [7, 11) is 1.51. The van der Waals surface area contributed by atoms with E-state index in [2.05, 4.69) is 5.32 Å². The molecule has 26 heavy (non-hydrogen) atoms. The summed E-state index contributed by atoms with van der Waals surface area (Å²) < 4.78 is 10.5. The number of carbonyl (C=O) groups is 2. The van der Waals surface area contributed by atoms with Crippen molar-refractivity contribution in [2.45, 2.75) is 18.6 Å². The number of likely N-dealkylation sites (tertiary alicyclic amines) is 1. The van der Waals surface area contributed by atoms with Gasteiger partial charge in [-0.3, -0.25) is 9.69 Å². The normalized spacial score (nSPS) is 19.1. The molecule has 0 aliphatic carbocycles. The monoisotopic (exact) mass is 356 g/mol. The summed E-state index contributed by atoms with van der Waals surface area (Å²) in [5.74, 6) is 0.483. The van der Waals surface area contributed by atoms with Gasteiger partial charge in [0.2, 0.25) is 5.91 Å². The van der Waals surface area contributed by atoms with E-state index < -0.39 is 24.1 Å². The number of hydrogen-bond acceptors (Lipinski definition) is 5. The predicted octanol–water partition coefficient (Wildman–Crippen LogP) is 2.27. The topological polar surface area (TPSA) is 88.1 Å². The Balaban J connectivity index is 1.72. The number of ether oxygens (including phenoxy) is 2. The van der Waals surface area contributed by atoms with E-state index in [1.54, 1.807) is 54.6 Å². The minimum atomic E-state index is -0.828. The Morgan fingerprint density at radius 2 is 1.81 bits per heavy atom. The van der Waals surface area contributed by atoms with Gasteiger partial charge in [-0.2, -0.15) is 0 Å². The number of benzene rings is 2. The highest BCUT2D eigenvalue weighted by atomic mass is 16.6. The van der Waals surface area contributed by atoms with Crippen LogP contribution in [0, 0.1) is 0 Å². The molecule has 1 saturated heterocycles. The van der Waals surface area contributed by atoms with E-state index in [1.165, 1.54) is 12.0 Å². The zero-order valence-electron chi connectivity index (χ0n) is 14.3. The third-order valence-corrected chi connectivity index (χ3v) is 4.13. The fraction of sp³-hybridized carbons (Fsp3) is 0.263. The van der Waals surface area contributed by atoms with E-state index in [0.717, 1.165) is 0 Å². The molecule has 1 aliphatic heterocycles. The van der Waals surface area contributed by atoms with E-state index in [9.17, 15) is 14.7 Å². The Hall–Kier alpha value is -3.06. The van der Waals surface area contributed by atoms with Crippen LogP contribution in [0.4, 0.5) is 10.5 Å². The van der Waals surface area contributed by atoms with Gasteiger partial charge in [0.25, 0.3) is 0 Å². The van der Waals surface area contributed by atoms with Crippen LogP contribution < -0.4 is 14.8 Å². The molecule has 2 amide bonds. The maximum Gasteiger partial charge on any atom is 0.416 e. The highest BCUT2D eigenvalue weighted by Crippen LogP contribution is 2.26. The van der Waals surface area contributed by atoms with Crippen molar-refractivity contribution in [2.75, 3.05) is 19.0 Å². The number of para-hydroxylation sites is 3. The number of carbonyl (C=O) groups excluding carboxylic acids is 2. The SMILES string of the molecule is COc1ccccc1NC(=O)[C@H]1C[C@H](O)CN1C(=O)Oc1ccccc1. The van der Waals surface area contributed by atoms with Gasteiger partial charge < -0.3 is 19.9 Å². The Kier molecular flexibility index (Phi) is 5.38. The maximum absolute atomic E-state index is 12.7. The average Bonchev–Trinajstić information content (AvgIpc) is 3.05. The van der Waals surface area contributed by atoms with Gasteiger partial charge in [-0.25, -0.2) is 4.79 Å². The molecule has 0 unspecified atom stereocenters. The first-order chi connectivity index (χ1) is 12.6. The third-order valence-electron chi connectivity index (χ3n) is 4.13. The molecule has 1 fully saturated rings. The maximum atomic E-state index is 12.7. The number of methoxy groups -OCH3 is 1. The zero-order valence-corrected chi connectivity index (χ0v) is 14.3. The molecule has 7 heteroatoms. The molecule has 7 nitrogen and oxygen atoms in total. The molecule has 0 spiro atoms. The van der Waals surface area contributed by atoms with Crippen molar-refractivity contribution in [1.82, 2.24) is 4.90 Å². The highest BCUT2D eigenvalue weighted by molar-refractivity contribution is 5.98. The summed E-state index contributed by atoms with van der Waals surface area (Å²) in [5.41, 5.74) is 0.498. The fourth-order valence-corrected chi connectivity index (χ4v) is 2.88. The van der Waals surface area contributed by atoms with Crippen molar-refractivity contribution in [1.29, 1.82) is 0 Å². The van der Waals surface area contributed by atoms with E-state index >= 15 is 0 Å². The van der Waals surface area contributed by atoms with Crippen molar-refractivity contribution in [3.05, 3.63) is 54.6 Å². The molecule has 2 N–H and O–H groups in total. The van der Waals surface area contributed by atoms with Gasteiger partial charge in [0.05, 0.1) is 25.4 Å². The van der Waals surface area contributed by atoms with Gasteiger partial charge in [-0.15, -0.1) is 0 Å². The standard InChI is InChI=1S/C19H20N2O5/c1-25-17-10-6-5-9-15(17)20-18(23)16-11-13(22)12-21(16)19(24)26-14-7-3-2-4-8-14/h2-10,13,16,22H,11-12H2,1H3,(H,20,23)/t13-,16+/m0/s1. The molecule has 1 heterocycles. The van der Waals surface area contributed by atoms with Crippen molar-refractivity contribution in [3.8, 4) is 11.5 Å². The lowest BCUT2D eigenvalue weighted by molar-refractivity contribution is -0.119. The molecule has 0 bridgehead atoms. The van der Waals surface area contributed by atoms with Crippen molar-refractivity contribution in [3.63, 3.8) is 0 Å². The summed E-state index contributed by atoms with van der Waals surface area (Å²) in [5, 5.41) is 12.7. The number of nitrogens with one attached hydrogen (secondary N) is 1. The molecule has 2 aromatic carbocycles. The summed E-state index contributed by atoms with van der Waals surface area (Å²) in [4.78, 5) is 26.3. The number of amides is 2. The molecule has 1 aliphatic rings. The first-order valence-electron chi connectivity index (χ1n) is 8.24. The van der Waals surface area contributed by atoms with Crippen LogP contribution in [0.25, 0.3) is 0 Å². The first kappa shape index (κ1) is 17.8. The second-order valence-corrected chi connectivity index (χ2v) is 5.93. The number of hydrogen-bond donors (Lipinski definition) is 2. The number of aliphatic hydroxyl groups is 1. The molecular formula is C19H20N2O5. The lowest BCUT2D eigenvalue weighted by atomic mass is 10.2. The van der Waals surface area contributed by atoms with Gasteiger partial charge in [0.1, 0.15) is 17.5 Å². The summed E-state index contributed by atoms with van der Waals surface area (Å²) in [6.45, 7) is 0.0374. The second kappa shape index (κ2) is 7.88. The van der Waals surface area contributed by atoms with E-state index in [4.69, 9.17) is 9.47 Å². The molecular weight excluding hydrogens is 336 g/mol. The number of β-amino-alcohol motifs (C(OH)–C–C–N with tert-alkyl or cyclic N) is 1. The molecule has 0 saturated carbocycles. The van der Waals surface area contributed by atoms with Crippen LogP contribution in [0.15, 0.2) is 54.6 Å². The van der Waals surface area contributed by atoms with Gasteiger partial charge in [-0.1, -0.05) is 30.3 Å². The second-order valence-electron chi connectivity index (χ2n) is 5.93. The van der Waals surface area contributed by atoms with Crippen molar-refractivity contribution >= 4 is 17.7 Å². The van der Waals surface area contributed by atoms with Gasteiger partial charge in [0.15, 0.2) is 0 Å². The number of rotatable bonds is 4. The number of aliphatic hydroxyl groups excluding tert-OH is 1. The fourth-order valence-electron chi connectivity index (χ4n) is 2.88. The largest absolute Gasteiger partial charge is 0.495 e. The molecule has 0 aromatic heterocycles. The van der Waals surface area contributed by atoms with Crippen LogP contribution in [0.5, 0.6) is 11.5 Å².